The Balaban J connectivity index is 1.78. The third-order valence-corrected chi connectivity index (χ3v) is 6.66. The molecular weight excluding hydrogens is 522 g/mol. The van der Waals surface area contributed by atoms with Gasteiger partial charge in [-0.15, -0.1) is 0 Å². The summed E-state index contributed by atoms with van der Waals surface area (Å²) in [4.78, 5) is 16.3. The first-order valence-corrected chi connectivity index (χ1v) is 13.1. The molecule has 0 bridgehead atoms. The lowest BCUT2D eigenvalue weighted by Gasteiger charge is -2.12. The van der Waals surface area contributed by atoms with Crippen molar-refractivity contribution in [2.24, 2.45) is 0 Å². The van der Waals surface area contributed by atoms with E-state index in [0.717, 1.165) is 16.5 Å². The molecule has 36 heavy (non-hydrogen) atoms. The molecule has 10 heteroatoms. The first kappa shape index (κ1) is 24.2. The van der Waals surface area contributed by atoms with E-state index in [-0.39, 0.29) is 11.5 Å². The van der Waals surface area contributed by atoms with E-state index in [4.69, 9.17) is 23.2 Å². The van der Waals surface area contributed by atoms with Crippen LogP contribution in [0.15, 0.2) is 72.9 Å². The molecule has 1 amide bonds. The summed E-state index contributed by atoms with van der Waals surface area (Å²) >= 11 is 12.3. The lowest BCUT2D eigenvalue weighted by Crippen LogP contribution is -2.25. The van der Waals surface area contributed by atoms with E-state index >= 15 is 0 Å². The Morgan fingerprint density at radius 1 is 1.06 bits per heavy atom. The number of H-pyrrole nitrogens is 1. The van der Waals surface area contributed by atoms with Crippen molar-refractivity contribution < 1.29 is 13.4 Å². The molecule has 2 N–H and O–H groups in total. The van der Waals surface area contributed by atoms with Crippen LogP contribution in [0.1, 0.15) is 16.1 Å². The highest BCUT2D eigenvalue weighted by Crippen LogP contribution is 2.40. The number of amides is 1. The molecule has 0 saturated heterocycles. The minimum Gasteiger partial charge on any atom is -0.350 e. The van der Waals surface area contributed by atoms with Crippen LogP contribution in [0.5, 0.6) is 0 Å². The van der Waals surface area contributed by atoms with Crippen molar-refractivity contribution in [3.05, 3.63) is 100 Å². The number of aromatic amines is 1. The summed E-state index contributed by atoms with van der Waals surface area (Å²) in [5.41, 5.74) is 4.41. The number of carbonyl (C=O) groups is 1. The number of rotatable bonds is 6. The number of nitrogens with zero attached hydrogens (tertiary/aromatic N) is 2. The molecule has 1 atom stereocenters. The van der Waals surface area contributed by atoms with Crippen LogP contribution in [0.3, 0.4) is 0 Å². The van der Waals surface area contributed by atoms with Gasteiger partial charge in [-0.05, 0) is 47.5 Å². The van der Waals surface area contributed by atoms with Gasteiger partial charge >= 0.3 is 0 Å². The number of nitrogens with one attached hydrogen (secondary N) is 2. The van der Waals surface area contributed by atoms with Crippen molar-refractivity contribution in [3.8, 4) is 22.4 Å². The molecule has 182 valence electrons. The summed E-state index contributed by atoms with van der Waals surface area (Å²) in [6, 6.07) is 18.7. The molecular formula is C26H19Cl2FN4O2S. The number of hydrogen-bond donors (Lipinski definition) is 2. The van der Waals surface area contributed by atoms with Gasteiger partial charge in [-0.1, -0.05) is 53.5 Å². The van der Waals surface area contributed by atoms with Gasteiger partial charge in [0, 0.05) is 38.3 Å². The second-order valence-electron chi connectivity index (χ2n) is 8.15. The minimum atomic E-state index is -1.58. The van der Waals surface area contributed by atoms with Crippen LogP contribution in [0.4, 0.5) is 4.39 Å². The molecule has 0 saturated carbocycles. The van der Waals surface area contributed by atoms with Gasteiger partial charge in [0.25, 0.3) is 5.91 Å². The average molecular weight is 541 g/mol. The molecule has 0 fully saturated rings. The molecule has 0 radical (unpaired) electrons. The fourth-order valence-corrected chi connectivity index (χ4v) is 4.80. The maximum absolute atomic E-state index is 13.7. The quantitative estimate of drug-likeness (QED) is 0.268. The first-order chi connectivity index (χ1) is 17.3. The normalized spacial score (nSPS) is 12.1. The van der Waals surface area contributed by atoms with Crippen LogP contribution in [0, 0.1) is 5.82 Å². The zero-order valence-corrected chi connectivity index (χ0v) is 21.2. The number of carbonyl (C=O) groups excluding carboxylic acids is 1. The summed E-state index contributed by atoms with van der Waals surface area (Å²) < 4.78 is 29.8. The second kappa shape index (κ2) is 9.89. The second-order valence-corrected chi connectivity index (χ2v) is 10.1. The maximum atomic E-state index is 13.7. The predicted molar refractivity (Wildman–Crippen MR) is 142 cm³/mol. The molecule has 0 spiro atoms. The van der Waals surface area contributed by atoms with E-state index in [9.17, 15) is 13.4 Å². The van der Waals surface area contributed by atoms with Gasteiger partial charge in [-0.3, -0.25) is 14.2 Å². The van der Waals surface area contributed by atoms with E-state index in [0.29, 0.717) is 38.9 Å². The van der Waals surface area contributed by atoms with Crippen LogP contribution in [0.25, 0.3) is 33.3 Å². The third-order valence-electron chi connectivity index (χ3n) is 5.70. The summed E-state index contributed by atoms with van der Waals surface area (Å²) in [7, 11) is -1.58. The third kappa shape index (κ3) is 4.80. The number of halogens is 3. The predicted octanol–water partition coefficient (Wildman–Crippen LogP) is 6.22. The highest BCUT2D eigenvalue weighted by molar-refractivity contribution is 7.82. The lowest BCUT2D eigenvalue weighted by atomic mass is 9.98. The fourth-order valence-electron chi connectivity index (χ4n) is 4.14. The zero-order chi connectivity index (χ0) is 25.4. The van der Waals surface area contributed by atoms with E-state index in [2.05, 4.69) is 14.8 Å². The summed E-state index contributed by atoms with van der Waals surface area (Å²) in [6.45, 7) is 0.384. The molecule has 0 aliphatic carbocycles. The van der Waals surface area contributed by atoms with Gasteiger partial charge in [-0.25, -0.2) is 8.60 Å². The van der Waals surface area contributed by atoms with Gasteiger partial charge in [0.2, 0.25) is 0 Å². The molecule has 3 aromatic carbocycles. The van der Waals surface area contributed by atoms with Crippen molar-refractivity contribution in [1.82, 2.24) is 19.5 Å². The Morgan fingerprint density at radius 3 is 2.44 bits per heavy atom. The molecule has 5 aromatic rings. The molecule has 0 aliphatic rings. The number of aromatic nitrogens is 3. The van der Waals surface area contributed by atoms with Gasteiger partial charge < -0.3 is 4.98 Å². The Kier molecular flexibility index (Phi) is 6.66. The van der Waals surface area contributed by atoms with Gasteiger partial charge in [0.1, 0.15) is 22.5 Å². The SMILES string of the molecule is CS(=O)NC(=O)c1[nH]c2cc(Cl)ccc2c1-c1c(-c2ccc(F)cc2)cnn1Cc1ccc(Cl)cc1. The Hall–Kier alpha value is -3.46. The van der Waals surface area contributed by atoms with E-state index in [1.54, 1.807) is 47.3 Å². The zero-order valence-electron chi connectivity index (χ0n) is 18.9. The molecule has 6 nitrogen and oxygen atoms in total. The summed E-state index contributed by atoms with van der Waals surface area (Å²) in [5.74, 6) is -0.900. The van der Waals surface area contributed by atoms with Crippen molar-refractivity contribution in [3.63, 3.8) is 0 Å². The summed E-state index contributed by atoms with van der Waals surface area (Å²) in [6.07, 6.45) is 3.07. The Morgan fingerprint density at radius 2 is 1.75 bits per heavy atom. The Labute approximate surface area is 218 Å². The molecule has 2 heterocycles. The van der Waals surface area contributed by atoms with E-state index < -0.39 is 16.9 Å². The van der Waals surface area contributed by atoms with Crippen molar-refractivity contribution in [2.45, 2.75) is 6.54 Å². The van der Waals surface area contributed by atoms with Crippen LogP contribution in [0.2, 0.25) is 10.0 Å². The minimum absolute atomic E-state index is 0.212. The maximum Gasteiger partial charge on any atom is 0.280 e. The van der Waals surface area contributed by atoms with E-state index in [1.165, 1.54) is 18.4 Å². The van der Waals surface area contributed by atoms with Crippen molar-refractivity contribution >= 4 is 51.0 Å². The molecule has 1 unspecified atom stereocenters. The van der Waals surface area contributed by atoms with Gasteiger partial charge in [0.15, 0.2) is 0 Å². The number of benzene rings is 3. The van der Waals surface area contributed by atoms with Crippen LogP contribution < -0.4 is 4.72 Å². The highest BCUT2D eigenvalue weighted by Gasteiger charge is 2.26. The highest BCUT2D eigenvalue weighted by atomic mass is 35.5. The number of hydrogen-bond acceptors (Lipinski definition) is 3. The first-order valence-electron chi connectivity index (χ1n) is 10.8. The molecule has 5 rings (SSSR count). The molecule has 0 aliphatic heterocycles. The largest absolute Gasteiger partial charge is 0.350 e. The van der Waals surface area contributed by atoms with Crippen LogP contribution in [-0.2, 0) is 17.5 Å². The van der Waals surface area contributed by atoms with Crippen molar-refractivity contribution in [1.29, 1.82) is 0 Å². The van der Waals surface area contributed by atoms with Crippen LogP contribution in [-0.4, -0.2) is 31.1 Å². The molecule has 2 aromatic heterocycles. The fraction of sp³-hybridized carbons (Fsp3) is 0.0769. The summed E-state index contributed by atoms with van der Waals surface area (Å²) in [5, 5.41) is 6.47. The standard InChI is InChI=1S/C26H19Cl2FN4O2S/c1-36(35)32-26(34)24-23(20-11-8-18(28)12-22(20)31-24)25-21(16-4-9-19(29)10-5-16)13-30-33(25)14-15-2-6-17(27)7-3-15/h2-13,31H,14H2,1H3,(H,32,34). The van der Waals surface area contributed by atoms with E-state index in [1.807, 2.05) is 18.2 Å². The smallest absolute Gasteiger partial charge is 0.280 e. The lowest BCUT2D eigenvalue weighted by molar-refractivity contribution is 0.0979. The van der Waals surface area contributed by atoms with Crippen LogP contribution >= 0.6 is 23.2 Å². The Bertz CT molecular complexity index is 1610. The van der Waals surface area contributed by atoms with Crippen molar-refractivity contribution in [2.75, 3.05) is 6.26 Å². The monoisotopic (exact) mass is 540 g/mol. The average Bonchev–Trinajstić information content (AvgIpc) is 3.41. The van der Waals surface area contributed by atoms with Gasteiger partial charge in [0.05, 0.1) is 18.4 Å². The topological polar surface area (TPSA) is 79.8 Å². The number of fused-ring (bicyclic) bond motifs is 1. The van der Waals surface area contributed by atoms with Gasteiger partial charge in [-0.2, -0.15) is 5.10 Å².